The molecule has 2 aromatic heterocycles. The van der Waals surface area contributed by atoms with Crippen molar-refractivity contribution in [1.82, 2.24) is 25.0 Å². The van der Waals surface area contributed by atoms with Crippen LogP contribution in [-0.4, -0.2) is 31.0 Å². The molecule has 0 amide bonds. The van der Waals surface area contributed by atoms with Crippen molar-refractivity contribution in [2.45, 2.75) is 25.9 Å². The molecule has 0 saturated heterocycles. The van der Waals surface area contributed by atoms with Crippen LogP contribution in [0.2, 0.25) is 0 Å². The average Bonchev–Trinajstić information content (AvgIpc) is 3.08. The highest BCUT2D eigenvalue weighted by Gasteiger charge is 2.15. The standard InChI is InChI=1S/C20H19FN6/c1-14(11-15-7-3-2-4-8-15)24-19-18-20(23-13-22-19)27(26-25-18)12-16-9-5-6-10-17(16)21/h2-10,13-14H,11-12H2,1H3,(H,22,23,24)/t14-/m1/s1. The van der Waals surface area contributed by atoms with Gasteiger partial charge in [-0.2, -0.15) is 0 Å². The summed E-state index contributed by atoms with van der Waals surface area (Å²) >= 11 is 0. The van der Waals surface area contributed by atoms with Crippen molar-refractivity contribution < 1.29 is 4.39 Å². The molecular formula is C20H19FN6. The Kier molecular flexibility index (Phi) is 4.74. The average molecular weight is 362 g/mol. The second-order valence-corrected chi connectivity index (χ2v) is 6.47. The molecule has 2 aromatic carbocycles. The van der Waals surface area contributed by atoms with E-state index in [0.29, 0.717) is 22.5 Å². The van der Waals surface area contributed by atoms with Gasteiger partial charge in [-0.25, -0.2) is 19.0 Å². The Morgan fingerprint density at radius 1 is 1.04 bits per heavy atom. The Labute approximate surface area is 156 Å². The zero-order valence-electron chi connectivity index (χ0n) is 14.9. The predicted molar refractivity (Wildman–Crippen MR) is 102 cm³/mol. The van der Waals surface area contributed by atoms with Crippen LogP contribution in [0, 0.1) is 5.82 Å². The van der Waals surface area contributed by atoms with Gasteiger partial charge < -0.3 is 5.32 Å². The highest BCUT2D eigenvalue weighted by molar-refractivity contribution is 5.82. The lowest BCUT2D eigenvalue weighted by atomic mass is 10.1. The number of hydrogen-bond acceptors (Lipinski definition) is 5. The van der Waals surface area contributed by atoms with Gasteiger partial charge in [0.25, 0.3) is 0 Å². The Morgan fingerprint density at radius 2 is 1.81 bits per heavy atom. The maximum Gasteiger partial charge on any atom is 0.184 e. The van der Waals surface area contributed by atoms with Gasteiger partial charge in [-0.3, -0.25) is 0 Å². The highest BCUT2D eigenvalue weighted by atomic mass is 19.1. The fourth-order valence-electron chi connectivity index (χ4n) is 3.04. The van der Waals surface area contributed by atoms with Gasteiger partial charge in [-0.15, -0.1) is 5.10 Å². The van der Waals surface area contributed by atoms with Crippen LogP contribution in [0.25, 0.3) is 11.2 Å². The summed E-state index contributed by atoms with van der Waals surface area (Å²) in [6, 6.07) is 17.0. The topological polar surface area (TPSA) is 68.5 Å². The molecule has 1 atom stereocenters. The summed E-state index contributed by atoms with van der Waals surface area (Å²) in [6.07, 6.45) is 2.33. The fraction of sp³-hybridized carbons (Fsp3) is 0.200. The van der Waals surface area contributed by atoms with Crippen molar-refractivity contribution in [2.75, 3.05) is 5.32 Å². The van der Waals surface area contributed by atoms with Crippen LogP contribution in [0.3, 0.4) is 0 Å². The van der Waals surface area contributed by atoms with Gasteiger partial charge in [0.1, 0.15) is 12.1 Å². The third-order valence-corrected chi connectivity index (χ3v) is 4.35. The summed E-state index contributed by atoms with van der Waals surface area (Å²) in [5, 5.41) is 11.7. The van der Waals surface area contributed by atoms with Gasteiger partial charge in [0, 0.05) is 11.6 Å². The lowest BCUT2D eigenvalue weighted by Crippen LogP contribution is -2.19. The van der Waals surface area contributed by atoms with Gasteiger partial charge in [-0.05, 0) is 25.0 Å². The molecular weight excluding hydrogens is 343 g/mol. The molecule has 6 nitrogen and oxygen atoms in total. The maximum atomic E-state index is 13.9. The van der Waals surface area contributed by atoms with E-state index in [4.69, 9.17) is 0 Å². The summed E-state index contributed by atoms with van der Waals surface area (Å²) in [7, 11) is 0. The molecule has 0 spiro atoms. The zero-order valence-corrected chi connectivity index (χ0v) is 14.9. The number of nitrogens with one attached hydrogen (secondary N) is 1. The minimum atomic E-state index is -0.273. The molecule has 0 unspecified atom stereocenters. The minimum Gasteiger partial charge on any atom is -0.365 e. The summed E-state index contributed by atoms with van der Waals surface area (Å²) in [4.78, 5) is 8.60. The molecule has 27 heavy (non-hydrogen) atoms. The van der Waals surface area contributed by atoms with Gasteiger partial charge >= 0.3 is 0 Å². The molecule has 0 fully saturated rings. The predicted octanol–water partition coefficient (Wildman–Crippen LogP) is 3.45. The lowest BCUT2D eigenvalue weighted by Gasteiger charge is -2.14. The molecule has 0 radical (unpaired) electrons. The lowest BCUT2D eigenvalue weighted by molar-refractivity contribution is 0.582. The first kappa shape index (κ1) is 17.1. The number of nitrogens with zero attached hydrogens (tertiary/aromatic N) is 5. The molecule has 1 N–H and O–H groups in total. The van der Waals surface area contributed by atoms with E-state index in [1.54, 1.807) is 22.9 Å². The van der Waals surface area contributed by atoms with Gasteiger partial charge in [0.15, 0.2) is 17.0 Å². The van der Waals surface area contributed by atoms with Crippen LogP contribution in [0.4, 0.5) is 10.2 Å². The van der Waals surface area contributed by atoms with Crippen LogP contribution in [0.1, 0.15) is 18.1 Å². The van der Waals surface area contributed by atoms with Crippen molar-refractivity contribution in [3.63, 3.8) is 0 Å². The van der Waals surface area contributed by atoms with Crippen molar-refractivity contribution >= 4 is 17.0 Å². The number of aromatic nitrogens is 5. The number of fused-ring (bicyclic) bond motifs is 1. The Morgan fingerprint density at radius 3 is 2.63 bits per heavy atom. The third kappa shape index (κ3) is 3.76. The van der Waals surface area contributed by atoms with Crippen LogP contribution < -0.4 is 5.32 Å². The summed E-state index contributed by atoms with van der Waals surface area (Å²) < 4.78 is 15.5. The maximum absolute atomic E-state index is 13.9. The van der Waals surface area contributed by atoms with E-state index in [9.17, 15) is 4.39 Å². The number of anilines is 1. The van der Waals surface area contributed by atoms with E-state index in [-0.39, 0.29) is 18.4 Å². The number of rotatable bonds is 6. The molecule has 0 aliphatic rings. The Balaban J connectivity index is 1.56. The van der Waals surface area contributed by atoms with E-state index >= 15 is 0 Å². The second-order valence-electron chi connectivity index (χ2n) is 6.47. The van der Waals surface area contributed by atoms with Crippen LogP contribution in [0.15, 0.2) is 60.9 Å². The van der Waals surface area contributed by atoms with Crippen LogP contribution in [-0.2, 0) is 13.0 Å². The molecule has 4 aromatic rings. The second kappa shape index (κ2) is 7.49. The van der Waals surface area contributed by atoms with Crippen LogP contribution >= 0.6 is 0 Å². The Bertz CT molecular complexity index is 1050. The van der Waals surface area contributed by atoms with E-state index in [1.807, 2.05) is 18.2 Å². The fourth-order valence-corrected chi connectivity index (χ4v) is 3.04. The van der Waals surface area contributed by atoms with Crippen molar-refractivity contribution in [3.05, 3.63) is 77.9 Å². The van der Waals surface area contributed by atoms with Gasteiger partial charge in [0.2, 0.25) is 0 Å². The normalized spacial score (nSPS) is 12.2. The van der Waals surface area contributed by atoms with E-state index in [1.165, 1.54) is 18.0 Å². The molecule has 0 aliphatic carbocycles. The Hall–Kier alpha value is -3.35. The molecule has 4 rings (SSSR count). The van der Waals surface area contributed by atoms with E-state index < -0.39 is 0 Å². The van der Waals surface area contributed by atoms with Crippen LogP contribution in [0.5, 0.6) is 0 Å². The van der Waals surface area contributed by atoms with E-state index in [0.717, 1.165) is 6.42 Å². The first-order valence-corrected chi connectivity index (χ1v) is 8.79. The number of halogens is 1. The van der Waals surface area contributed by atoms with Gasteiger partial charge in [0.05, 0.1) is 6.54 Å². The molecule has 0 saturated carbocycles. The summed E-state index contributed by atoms with van der Waals surface area (Å²) in [5.41, 5.74) is 2.93. The van der Waals surface area contributed by atoms with Crippen molar-refractivity contribution in [1.29, 1.82) is 0 Å². The number of hydrogen-bond donors (Lipinski definition) is 1. The largest absolute Gasteiger partial charge is 0.365 e. The molecule has 0 aliphatic heterocycles. The first-order chi connectivity index (χ1) is 13.2. The SMILES string of the molecule is C[C@H](Cc1ccccc1)Nc1ncnc2c1nnn2Cc1ccccc1F. The van der Waals surface area contributed by atoms with Crippen molar-refractivity contribution in [2.24, 2.45) is 0 Å². The quantitative estimate of drug-likeness (QED) is 0.569. The molecule has 2 heterocycles. The zero-order chi connectivity index (χ0) is 18.6. The van der Waals surface area contributed by atoms with E-state index in [2.05, 4.69) is 44.7 Å². The van der Waals surface area contributed by atoms with Gasteiger partial charge in [-0.1, -0.05) is 53.7 Å². The molecule has 0 bridgehead atoms. The summed E-state index contributed by atoms with van der Waals surface area (Å²) in [5.74, 6) is 0.355. The monoisotopic (exact) mass is 362 g/mol. The summed E-state index contributed by atoms with van der Waals surface area (Å²) in [6.45, 7) is 2.35. The molecule has 136 valence electrons. The number of benzene rings is 2. The first-order valence-electron chi connectivity index (χ1n) is 8.79. The minimum absolute atomic E-state index is 0.155. The molecule has 7 heteroatoms. The smallest absolute Gasteiger partial charge is 0.184 e. The van der Waals surface area contributed by atoms with Crippen molar-refractivity contribution in [3.8, 4) is 0 Å². The third-order valence-electron chi connectivity index (χ3n) is 4.35. The highest BCUT2D eigenvalue weighted by Crippen LogP contribution is 2.19.